The van der Waals surface area contributed by atoms with Gasteiger partial charge in [0.2, 0.25) is 0 Å². The molecule has 0 aromatic heterocycles. The quantitative estimate of drug-likeness (QED) is 0.812. The van der Waals surface area contributed by atoms with Crippen molar-refractivity contribution in [1.29, 1.82) is 0 Å². The van der Waals surface area contributed by atoms with Gasteiger partial charge in [0.25, 0.3) is 0 Å². The number of aromatic carboxylic acids is 1. The Bertz CT molecular complexity index is 338. The SMILES string of the molecule is C[Si](C)(C)[Si](C)(C)O.O=C(O)c1ccccc1. The highest BCUT2D eigenvalue weighted by Crippen LogP contribution is 2.14. The van der Waals surface area contributed by atoms with E-state index in [1.807, 2.05) is 13.1 Å². The van der Waals surface area contributed by atoms with Crippen molar-refractivity contribution < 1.29 is 14.7 Å². The molecule has 3 nitrogen and oxygen atoms in total. The molecule has 2 N–H and O–H groups in total. The van der Waals surface area contributed by atoms with Gasteiger partial charge in [0.15, 0.2) is 7.83 Å². The fraction of sp³-hybridized carbons (Fsp3) is 0.417. The standard InChI is InChI=1S/C7H6O2.C5H16OSi2/c8-7(9)6-4-2-1-3-5-6;1-7(2,3)8(4,5)6/h1-5H,(H,8,9);6H,1-5H3. The molecule has 96 valence electrons. The largest absolute Gasteiger partial charge is 0.478 e. The Morgan fingerprint density at radius 2 is 1.35 bits per heavy atom. The fourth-order valence-electron chi connectivity index (χ4n) is 0.581. The lowest BCUT2D eigenvalue weighted by molar-refractivity contribution is 0.0697. The summed E-state index contributed by atoms with van der Waals surface area (Å²) in [6.07, 6.45) is 0. The summed E-state index contributed by atoms with van der Waals surface area (Å²) in [5.41, 5.74) is 0.331. The lowest BCUT2D eigenvalue weighted by atomic mass is 10.2. The molecule has 1 aromatic rings. The van der Waals surface area contributed by atoms with E-state index in [0.29, 0.717) is 5.56 Å². The molecule has 5 heteroatoms. The first-order valence-corrected chi connectivity index (χ1v) is 13.0. The zero-order valence-corrected chi connectivity index (χ0v) is 13.2. The first-order chi connectivity index (χ1) is 7.55. The van der Waals surface area contributed by atoms with E-state index in [9.17, 15) is 9.59 Å². The van der Waals surface area contributed by atoms with Crippen LogP contribution in [0.3, 0.4) is 0 Å². The van der Waals surface area contributed by atoms with E-state index in [0.717, 1.165) is 0 Å². The zero-order chi connectivity index (χ0) is 13.7. The average molecular weight is 270 g/mol. The van der Waals surface area contributed by atoms with Gasteiger partial charge in [-0.2, -0.15) is 0 Å². The molecule has 0 saturated carbocycles. The topological polar surface area (TPSA) is 57.5 Å². The Hall–Kier alpha value is -0.916. The number of hydrogen-bond donors (Lipinski definition) is 2. The van der Waals surface area contributed by atoms with Crippen LogP contribution in [-0.4, -0.2) is 31.3 Å². The lowest BCUT2D eigenvalue weighted by Crippen LogP contribution is -2.52. The average Bonchev–Trinajstić information content (AvgIpc) is 2.17. The van der Waals surface area contributed by atoms with Crippen LogP contribution < -0.4 is 0 Å². The van der Waals surface area contributed by atoms with Gasteiger partial charge in [-0.25, -0.2) is 4.79 Å². The van der Waals surface area contributed by atoms with Crippen molar-refractivity contribution in [2.45, 2.75) is 32.7 Å². The lowest BCUT2D eigenvalue weighted by Gasteiger charge is -2.28. The predicted octanol–water partition coefficient (Wildman–Crippen LogP) is 2.99. The fourth-order valence-corrected chi connectivity index (χ4v) is 0.581. The molecule has 0 bridgehead atoms. The van der Waals surface area contributed by atoms with Gasteiger partial charge in [0.1, 0.15) is 0 Å². The van der Waals surface area contributed by atoms with Gasteiger partial charge in [-0.05, 0) is 25.2 Å². The number of rotatable bonds is 2. The summed E-state index contributed by atoms with van der Waals surface area (Å²) in [4.78, 5) is 19.8. The molecule has 0 atom stereocenters. The highest BCUT2D eigenvalue weighted by atomic mass is 29.3. The molecule has 1 rings (SSSR count). The predicted molar refractivity (Wildman–Crippen MR) is 76.4 cm³/mol. The molecule has 1 aromatic carbocycles. The maximum absolute atomic E-state index is 10.2. The van der Waals surface area contributed by atoms with E-state index < -0.39 is 21.4 Å². The summed E-state index contributed by atoms with van der Waals surface area (Å²) in [7, 11) is -2.88. The highest BCUT2D eigenvalue weighted by Gasteiger charge is 2.34. The van der Waals surface area contributed by atoms with Crippen molar-refractivity contribution in [3.05, 3.63) is 35.9 Å². The summed E-state index contributed by atoms with van der Waals surface area (Å²) < 4.78 is 0. The number of benzene rings is 1. The van der Waals surface area contributed by atoms with Crippen LogP contribution in [0.25, 0.3) is 0 Å². The Morgan fingerprint density at radius 1 is 1.00 bits per heavy atom. The second kappa shape index (κ2) is 6.13. The monoisotopic (exact) mass is 270 g/mol. The van der Waals surface area contributed by atoms with Crippen LogP contribution in [0, 0.1) is 0 Å². The van der Waals surface area contributed by atoms with Crippen molar-refractivity contribution >= 4 is 21.4 Å². The molecule has 0 heterocycles. The van der Waals surface area contributed by atoms with Crippen LogP contribution in [0.5, 0.6) is 0 Å². The molecule has 0 saturated heterocycles. The van der Waals surface area contributed by atoms with E-state index in [2.05, 4.69) is 19.6 Å². The smallest absolute Gasteiger partial charge is 0.335 e. The molecule has 0 spiro atoms. The van der Waals surface area contributed by atoms with Crippen molar-refractivity contribution in [3.63, 3.8) is 0 Å². The first kappa shape index (κ1) is 16.1. The molecular formula is C12H22O3Si2. The van der Waals surface area contributed by atoms with Gasteiger partial charge < -0.3 is 9.90 Å². The Morgan fingerprint density at radius 3 is 1.53 bits per heavy atom. The van der Waals surface area contributed by atoms with Crippen molar-refractivity contribution in [1.82, 2.24) is 0 Å². The third kappa shape index (κ3) is 6.40. The van der Waals surface area contributed by atoms with Gasteiger partial charge in [-0.3, -0.25) is 0 Å². The second-order valence-corrected chi connectivity index (χ2v) is 21.3. The minimum Gasteiger partial charge on any atom is -0.478 e. The van der Waals surface area contributed by atoms with E-state index >= 15 is 0 Å². The van der Waals surface area contributed by atoms with Gasteiger partial charge >= 0.3 is 5.97 Å². The first-order valence-electron chi connectivity index (χ1n) is 5.56. The van der Waals surface area contributed by atoms with E-state index in [4.69, 9.17) is 5.11 Å². The Labute approximate surface area is 105 Å². The summed E-state index contributed by atoms with van der Waals surface area (Å²) in [5, 5.41) is 8.38. The van der Waals surface area contributed by atoms with Crippen LogP contribution >= 0.6 is 0 Å². The molecule has 0 unspecified atom stereocenters. The molecule has 0 amide bonds. The van der Waals surface area contributed by atoms with Crippen LogP contribution in [0.1, 0.15) is 10.4 Å². The molecule has 0 aliphatic heterocycles. The molecule has 17 heavy (non-hydrogen) atoms. The summed E-state index contributed by atoms with van der Waals surface area (Å²) in [6.45, 7) is 10.7. The van der Waals surface area contributed by atoms with Crippen LogP contribution in [0.15, 0.2) is 30.3 Å². The van der Waals surface area contributed by atoms with Crippen molar-refractivity contribution in [2.75, 3.05) is 0 Å². The number of hydrogen-bond acceptors (Lipinski definition) is 2. The molecule has 0 radical (unpaired) electrons. The minimum absolute atomic E-state index is 0.331. The minimum atomic E-state index is -1.72. The summed E-state index contributed by atoms with van der Waals surface area (Å²) in [5.74, 6) is -0.879. The number of carbonyl (C=O) groups is 1. The number of carboxylic acid groups (broad SMARTS) is 1. The molecule has 0 fully saturated rings. The van der Waals surface area contributed by atoms with Crippen LogP contribution in [-0.2, 0) is 0 Å². The van der Waals surface area contributed by atoms with Gasteiger partial charge in [-0.1, -0.05) is 37.8 Å². The summed E-state index contributed by atoms with van der Waals surface area (Å²) >= 11 is 0. The third-order valence-electron chi connectivity index (χ3n) is 2.86. The Kier molecular flexibility index (Phi) is 5.80. The van der Waals surface area contributed by atoms with Crippen molar-refractivity contribution in [3.8, 4) is 0 Å². The van der Waals surface area contributed by atoms with Crippen molar-refractivity contribution in [2.24, 2.45) is 0 Å². The molecular weight excluding hydrogens is 248 g/mol. The van der Waals surface area contributed by atoms with E-state index in [1.54, 1.807) is 30.3 Å². The summed E-state index contributed by atoms with van der Waals surface area (Å²) in [6, 6.07) is 8.30. The van der Waals surface area contributed by atoms with Gasteiger partial charge in [-0.15, -0.1) is 0 Å². The third-order valence-corrected chi connectivity index (χ3v) is 17.5. The zero-order valence-electron chi connectivity index (χ0n) is 11.2. The maximum atomic E-state index is 10.2. The van der Waals surface area contributed by atoms with Crippen LogP contribution in [0.4, 0.5) is 0 Å². The van der Waals surface area contributed by atoms with E-state index in [1.165, 1.54) is 0 Å². The second-order valence-electron chi connectivity index (χ2n) is 5.48. The van der Waals surface area contributed by atoms with E-state index in [-0.39, 0.29) is 0 Å². The van der Waals surface area contributed by atoms with Gasteiger partial charge in [0, 0.05) is 0 Å². The Balaban J connectivity index is 0.000000304. The number of carboxylic acids is 1. The van der Waals surface area contributed by atoms with Gasteiger partial charge in [0.05, 0.1) is 13.2 Å². The molecule has 0 aliphatic rings. The maximum Gasteiger partial charge on any atom is 0.335 e. The molecule has 0 aliphatic carbocycles. The normalized spacial score (nSPS) is 11.4. The van der Waals surface area contributed by atoms with Crippen LogP contribution in [0.2, 0.25) is 32.7 Å². The highest BCUT2D eigenvalue weighted by molar-refractivity contribution is 7.37.